The zero-order valence-electron chi connectivity index (χ0n) is 11.5. The molecule has 0 amide bonds. The predicted molar refractivity (Wildman–Crippen MR) is 87.1 cm³/mol. The molecule has 0 radical (unpaired) electrons. The van der Waals surface area contributed by atoms with Gasteiger partial charge in [-0.15, -0.1) is 10.2 Å². The minimum atomic E-state index is 0.768. The summed E-state index contributed by atoms with van der Waals surface area (Å²) in [5, 5.41) is 10.1. The summed E-state index contributed by atoms with van der Waals surface area (Å²) in [4.78, 5) is 0. The van der Waals surface area contributed by atoms with E-state index in [-0.39, 0.29) is 0 Å². The number of benzene rings is 2. The van der Waals surface area contributed by atoms with Gasteiger partial charge in [0, 0.05) is 16.5 Å². The van der Waals surface area contributed by atoms with Gasteiger partial charge in [-0.25, -0.2) is 0 Å². The number of nitrogens with zero attached hydrogens (tertiary/aromatic N) is 3. The van der Waals surface area contributed by atoms with E-state index in [0.29, 0.717) is 0 Å². The van der Waals surface area contributed by atoms with E-state index in [2.05, 4.69) is 26.9 Å². The summed E-state index contributed by atoms with van der Waals surface area (Å²) in [6.45, 7) is 1.96. The van der Waals surface area contributed by atoms with Crippen LogP contribution < -0.4 is 0 Å². The van der Waals surface area contributed by atoms with Crippen molar-refractivity contribution in [3.8, 4) is 5.69 Å². The summed E-state index contributed by atoms with van der Waals surface area (Å²) in [7, 11) is 0. The van der Waals surface area contributed by atoms with E-state index < -0.39 is 0 Å². The quantitative estimate of drug-likeness (QED) is 0.663. The Morgan fingerprint density at radius 1 is 1.00 bits per heavy atom. The van der Waals surface area contributed by atoms with Crippen molar-refractivity contribution in [2.75, 3.05) is 0 Å². The fourth-order valence-electron chi connectivity index (χ4n) is 2.07. The van der Waals surface area contributed by atoms with Gasteiger partial charge in [0.1, 0.15) is 5.82 Å². The predicted octanol–water partition coefficient (Wildman–Crippen LogP) is 4.52. The maximum atomic E-state index is 6.20. The smallest absolute Gasteiger partial charge is 0.196 e. The standard InChI is InChI=1S/C16H14ClN3S/c1-12-18-19-16(20(12)14-8-3-2-4-9-14)21-11-13-7-5-6-10-15(13)17/h2-10H,11H2,1H3. The molecule has 3 rings (SSSR count). The van der Waals surface area contributed by atoms with Crippen molar-refractivity contribution in [1.29, 1.82) is 0 Å². The Bertz CT molecular complexity index is 740. The number of hydrogen-bond acceptors (Lipinski definition) is 3. The molecule has 3 nitrogen and oxygen atoms in total. The first-order chi connectivity index (χ1) is 10.3. The lowest BCUT2D eigenvalue weighted by atomic mass is 10.2. The minimum absolute atomic E-state index is 0.768. The number of para-hydroxylation sites is 1. The van der Waals surface area contributed by atoms with E-state index in [1.165, 1.54) is 0 Å². The molecule has 0 atom stereocenters. The molecule has 0 fully saturated rings. The first-order valence-corrected chi connectivity index (χ1v) is 7.95. The van der Waals surface area contributed by atoms with Gasteiger partial charge in [0.25, 0.3) is 0 Å². The van der Waals surface area contributed by atoms with Crippen LogP contribution >= 0.6 is 23.4 Å². The molecule has 0 N–H and O–H groups in total. The van der Waals surface area contributed by atoms with E-state index in [9.17, 15) is 0 Å². The van der Waals surface area contributed by atoms with Crippen LogP contribution in [-0.4, -0.2) is 14.8 Å². The normalized spacial score (nSPS) is 10.8. The summed E-state index contributed by atoms with van der Waals surface area (Å²) in [6.07, 6.45) is 0. The lowest BCUT2D eigenvalue weighted by molar-refractivity contribution is 0.868. The van der Waals surface area contributed by atoms with E-state index in [1.807, 2.05) is 49.4 Å². The van der Waals surface area contributed by atoms with Crippen LogP contribution in [0.3, 0.4) is 0 Å². The molecule has 0 saturated heterocycles. The third-order valence-corrected chi connectivity index (χ3v) is 4.47. The molecule has 3 aromatic rings. The second-order valence-electron chi connectivity index (χ2n) is 4.58. The van der Waals surface area contributed by atoms with Gasteiger partial charge in [-0.05, 0) is 30.7 Å². The highest BCUT2D eigenvalue weighted by Gasteiger charge is 2.11. The zero-order chi connectivity index (χ0) is 14.7. The van der Waals surface area contributed by atoms with Gasteiger partial charge in [-0.3, -0.25) is 4.57 Å². The molecule has 5 heteroatoms. The zero-order valence-corrected chi connectivity index (χ0v) is 13.1. The maximum Gasteiger partial charge on any atom is 0.196 e. The van der Waals surface area contributed by atoms with Crippen LogP contribution in [0.4, 0.5) is 0 Å². The monoisotopic (exact) mass is 315 g/mol. The second kappa shape index (κ2) is 6.33. The topological polar surface area (TPSA) is 30.7 Å². The van der Waals surface area contributed by atoms with Crippen molar-refractivity contribution in [2.45, 2.75) is 17.8 Å². The minimum Gasteiger partial charge on any atom is -0.274 e. The molecular formula is C16H14ClN3S. The van der Waals surface area contributed by atoms with Crippen molar-refractivity contribution in [1.82, 2.24) is 14.8 Å². The molecule has 0 aliphatic heterocycles. The highest BCUT2D eigenvalue weighted by atomic mass is 35.5. The third kappa shape index (κ3) is 3.12. The highest BCUT2D eigenvalue weighted by molar-refractivity contribution is 7.98. The molecule has 0 spiro atoms. The van der Waals surface area contributed by atoms with Gasteiger partial charge >= 0.3 is 0 Å². The van der Waals surface area contributed by atoms with Gasteiger partial charge < -0.3 is 0 Å². The van der Waals surface area contributed by atoms with E-state index in [0.717, 1.165) is 33.0 Å². The van der Waals surface area contributed by atoms with Gasteiger partial charge in [0.05, 0.1) is 0 Å². The van der Waals surface area contributed by atoms with Crippen molar-refractivity contribution < 1.29 is 0 Å². The third-order valence-electron chi connectivity index (χ3n) is 3.12. The number of hydrogen-bond donors (Lipinski definition) is 0. The molecule has 0 bridgehead atoms. The fraction of sp³-hybridized carbons (Fsp3) is 0.125. The molecule has 1 aromatic heterocycles. The highest BCUT2D eigenvalue weighted by Crippen LogP contribution is 2.27. The fourth-order valence-corrected chi connectivity index (χ4v) is 3.35. The molecule has 2 aromatic carbocycles. The molecule has 0 aliphatic carbocycles. The molecule has 0 saturated carbocycles. The van der Waals surface area contributed by atoms with Crippen molar-refractivity contribution in [3.63, 3.8) is 0 Å². The Kier molecular flexibility index (Phi) is 4.27. The van der Waals surface area contributed by atoms with Crippen LogP contribution in [0.1, 0.15) is 11.4 Å². The Hall–Kier alpha value is -1.78. The largest absolute Gasteiger partial charge is 0.274 e. The van der Waals surface area contributed by atoms with E-state index >= 15 is 0 Å². The van der Waals surface area contributed by atoms with Gasteiger partial charge in [-0.2, -0.15) is 0 Å². The average molecular weight is 316 g/mol. The van der Waals surface area contributed by atoms with Crippen molar-refractivity contribution >= 4 is 23.4 Å². The lowest BCUT2D eigenvalue weighted by Gasteiger charge is -2.08. The van der Waals surface area contributed by atoms with Crippen molar-refractivity contribution in [3.05, 3.63) is 71.0 Å². The van der Waals surface area contributed by atoms with Crippen LogP contribution in [0, 0.1) is 6.92 Å². The number of rotatable bonds is 4. The van der Waals surface area contributed by atoms with Crippen LogP contribution in [-0.2, 0) is 5.75 Å². The van der Waals surface area contributed by atoms with Crippen LogP contribution in [0.25, 0.3) is 5.69 Å². The first-order valence-electron chi connectivity index (χ1n) is 6.59. The average Bonchev–Trinajstić information content (AvgIpc) is 2.88. The first kappa shape index (κ1) is 14.2. The Morgan fingerprint density at radius 3 is 2.48 bits per heavy atom. The van der Waals surface area contributed by atoms with E-state index in [4.69, 9.17) is 11.6 Å². The van der Waals surface area contributed by atoms with Gasteiger partial charge in [-0.1, -0.05) is 59.8 Å². The van der Waals surface area contributed by atoms with Crippen LogP contribution in [0.15, 0.2) is 59.8 Å². The second-order valence-corrected chi connectivity index (χ2v) is 5.93. The summed E-state index contributed by atoms with van der Waals surface area (Å²) in [5.41, 5.74) is 2.17. The Balaban J connectivity index is 1.86. The van der Waals surface area contributed by atoms with Crippen LogP contribution in [0.5, 0.6) is 0 Å². The van der Waals surface area contributed by atoms with E-state index in [1.54, 1.807) is 11.8 Å². The molecule has 0 aliphatic rings. The Morgan fingerprint density at radius 2 is 1.71 bits per heavy atom. The molecule has 21 heavy (non-hydrogen) atoms. The van der Waals surface area contributed by atoms with Gasteiger partial charge in [0.2, 0.25) is 0 Å². The Labute approximate surface area is 133 Å². The van der Waals surface area contributed by atoms with Gasteiger partial charge in [0.15, 0.2) is 5.16 Å². The molecular weight excluding hydrogens is 302 g/mol. The molecule has 106 valence electrons. The summed E-state index contributed by atoms with van der Waals surface area (Å²) >= 11 is 7.83. The summed E-state index contributed by atoms with van der Waals surface area (Å²) < 4.78 is 2.06. The molecule has 0 unspecified atom stereocenters. The number of aryl methyl sites for hydroxylation is 1. The maximum absolute atomic E-state index is 6.20. The lowest BCUT2D eigenvalue weighted by Crippen LogP contribution is -1.98. The number of aromatic nitrogens is 3. The molecule has 1 heterocycles. The summed E-state index contributed by atoms with van der Waals surface area (Å²) in [6, 6.07) is 18.0. The summed E-state index contributed by atoms with van der Waals surface area (Å²) in [5.74, 6) is 1.65. The van der Waals surface area contributed by atoms with Crippen molar-refractivity contribution in [2.24, 2.45) is 0 Å². The number of thioether (sulfide) groups is 1. The number of halogens is 1. The van der Waals surface area contributed by atoms with Crippen LogP contribution in [0.2, 0.25) is 5.02 Å². The SMILES string of the molecule is Cc1nnc(SCc2ccccc2Cl)n1-c1ccccc1.